The van der Waals surface area contributed by atoms with Crippen LogP contribution in [0.1, 0.15) is 43.6 Å². The Labute approximate surface area is 116 Å². The van der Waals surface area contributed by atoms with Gasteiger partial charge in [0.15, 0.2) is 0 Å². The van der Waals surface area contributed by atoms with Gasteiger partial charge in [-0.25, -0.2) is 0 Å². The van der Waals surface area contributed by atoms with Crippen molar-refractivity contribution in [2.45, 2.75) is 39.5 Å². The highest BCUT2D eigenvalue weighted by Crippen LogP contribution is 2.11. The first-order valence-corrected chi connectivity index (χ1v) is 7.23. The molecule has 1 nitrogen and oxygen atoms in total. The zero-order chi connectivity index (χ0) is 13.5. The molecule has 0 atom stereocenters. The van der Waals surface area contributed by atoms with Crippen molar-refractivity contribution >= 4 is 0 Å². The van der Waals surface area contributed by atoms with Crippen LogP contribution in [0, 0.1) is 5.92 Å². The maximum absolute atomic E-state index is 4.76. The van der Waals surface area contributed by atoms with Gasteiger partial charge in [-0.3, -0.25) is 4.98 Å². The largest absolute Gasteiger partial charge is 0.258 e. The van der Waals surface area contributed by atoms with Crippen LogP contribution < -0.4 is 0 Å². The summed E-state index contributed by atoms with van der Waals surface area (Å²) in [5, 5.41) is 0. The van der Waals surface area contributed by atoms with Gasteiger partial charge in [0.05, 0.1) is 0 Å². The van der Waals surface area contributed by atoms with E-state index in [0.717, 1.165) is 18.8 Å². The summed E-state index contributed by atoms with van der Waals surface area (Å²) in [4.78, 5) is 4.76. The molecule has 19 heavy (non-hydrogen) atoms. The zero-order valence-corrected chi connectivity index (χ0v) is 12.0. The van der Waals surface area contributed by atoms with E-state index in [9.17, 15) is 0 Å². The molecule has 0 bridgehead atoms. The van der Waals surface area contributed by atoms with Gasteiger partial charge in [0.2, 0.25) is 0 Å². The Bertz CT molecular complexity index is 488. The van der Waals surface area contributed by atoms with Gasteiger partial charge in [0, 0.05) is 17.8 Å². The van der Waals surface area contributed by atoms with Crippen LogP contribution in [0.5, 0.6) is 0 Å². The van der Waals surface area contributed by atoms with Crippen LogP contribution in [-0.2, 0) is 12.8 Å². The maximum atomic E-state index is 4.76. The third-order valence-electron chi connectivity index (χ3n) is 3.31. The molecule has 1 heterocycles. The van der Waals surface area contributed by atoms with E-state index in [1.807, 2.05) is 0 Å². The summed E-state index contributed by atoms with van der Waals surface area (Å²) in [6.45, 7) is 4.55. The monoisotopic (exact) mass is 253 g/mol. The first-order chi connectivity index (χ1) is 9.24. The smallest absolute Gasteiger partial charge is 0.0450 e. The Morgan fingerprint density at radius 2 is 1.63 bits per heavy atom. The number of nitrogens with zero attached hydrogens (tertiary/aromatic N) is 1. The molecule has 0 radical (unpaired) electrons. The number of aryl methyl sites for hydroxylation is 1. The molecule has 0 spiro atoms. The van der Waals surface area contributed by atoms with Gasteiger partial charge < -0.3 is 0 Å². The minimum atomic E-state index is 0.785. The summed E-state index contributed by atoms with van der Waals surface area (Å²) in [7, 11) is 0. The Kier molecular flexibility index (Phi) is 5.14. The number of pyridine rings is 1. The highest BCUT2D eigenvalue weighted by molar-refractivity contribution is 5.22. The molecule has 100 valence electrons. The summed E-state index contributed by atoms with van der Waals surface area (Å²) < 4.78 is 0. The lowest BCUT2D eigenvalue weighted by Gasteiger charge is -2.06. The molecule has 1 aromatic carbocycles. The summed E-state index contributed by atoms with van der Waals surface area (Å²) in [6.07, 6.45) is 4.55. The van der Waals surface area contributed by atoms with Crippen LogP contribution in [0.2, 0.25) is 0 Å². The number of hydrogen-bond acceptors (Lipinski definition) is 1. The molecular formula is C18H23N. The molecule has 0 unspecified atom stereocenters. The van der Waals surface area contributed by atoms with Crippen LogP contribution in [0.15, 0.2) is 48.5 Å². The van der Waals surface area contributed by atoms with Gasteiger partial charge >= 0.3 is 0 Å². The van der Waals surface area contributed by atoms with E-state index in [1.54, 1.807) is 0 Å². The Hall–Kier alpha value is -1.63. The number of benzene rings is 1. The molecule has 0 saturated carbocycles. The average molecular weight is 253 g/mol. The molecular weight excluding hydrogens is 230 g/mol. The van der Waals surface area contributed by atoms with Gasteiger partial charge in [0.25, 0.3) is 0 Å². The van der Waals surface area contributed by atoms with Crippen molar-refractivity contribution < 1.29 is 0 Å². The standard InChI is InChI=1S/C18H23N/c1-15(2)8-6-11-17-12-7-13-18(19-17)14-16-9-4-3-5-10-16/h3-5,7,9-10,12-13,15H,6,8,11,14H2,1-2H3. The van der Waals surface area contributed by atoms with Crippen LogP contribution in [0.25, 0.3) is 0 Å². The molecule has 0 saturated heterocycles. The first kappa shape index (κ1) is 13.8. The van der Waals surface area contributed by atoms with Crippen molar-refractivity contribution in [2.75, 3.05) is 0 Å². The lowest BCUT2D eigenvalue weighted by Crippen LogP contribution is -1.98. The molecule has 0 fully saturated rings. The minimum absolute atomic E-state index is 0.785. The van der Waals surface area contributed by atoms with Gasteiger partial charge in [0.1, 0.15) is 0 Å². The first-order valence-electron chi connectivity index (χ1n) is 7.23. The van der Waals surface area contributed by atoms with Crippen LogP contribution >= 0.6 is 0 Å². The van der Waals surface area contributed by atoms with Crippen molar-refractivity contribution in [1.29, 1.82) is 0 Å². The van der Waals surface area contributed by atoms with E-state index in [4.69, 9.17) is 4.98 Å². The van der Waals surface area contributed by atoms with Gasteiger partial charge in [-0.15, -0.1) is 0 Å². The van der Waals surface area contributed by atoms with E-state index in [1.165, 1.54) is 29.8 Å². The van der Waals surface area contributed by atoms with Crippen LogP contribution in [0.4, 0.5) is 0 Å². The van der Waals surface area contributed by atoms with E-state index in [0.29, 0.717) is 0 Å². The molecule has 0 aliphatic heterocycles. The Morgan fingerprint density at radius 1 is 0.895 bits per heavy atom. The number of aromatic nitrogens is 1. The normalized spacial score (nSPS) is 10.9. The van der Waals surface area contributed by atoms with Crippen LogP contribution in [0.3, 0.4) is 0 Å². The summed E-state index contributed by atoms with van der Waals surface area (Å²) >= 11 is 0. The highest BCUT2D eigenvalue weighted by atomic mass is 14.7. The topological polar surface area (TPSA) is 12.9 Å². The lowest BCUT2D eigenvalue weighted by atomic mass is 10.0. The number of rotatable bonds is 6. The van der Waals surface area contributed by atoms with Crippen LogP contribution in [-0.4, -0.2) is 4.98 Å². The predicted octanol–water partition coefficient (Wildman–Crippen LogP) is 4.65. The Morgan fingerprint density at radius 3 is 2.37 bits per heavy atom. The molecule has 0 aliphatic rings. The van der Waals surface area contributed by atoms with Crippen molar-refractivity contribution in [3.05, 3.63) is 65.5 Å². The second-order valence-electron chi connectivity index (χ2n) is 5.57. The third-order valence-corrected chi connectivity index (χ3v) is 3.31. The maximum Gasteiger partial charge on any atom is 0.0450 e. The zero-order valence-electron chi connectivity index (χ0n) is 12.0. The van der Waals surface area contributed by atoms with Crippen molar-refractivity contribution in [2.24, 2.45) is 5.92 Å². The summed E-state index contributed by atoms with van der Waals surface area (Å²) in [5.41, 5.74) is 3.73. The molecule has 0 aliphatic carbocycles. The van der Waals surface area contributed by atoms with Crippen molar-refractivity contribution in [3.63, 3.8) is 0 Å². The lowest BCUT2D eigenvalue weighted by molar-refractivity contribution is 0.552. The molecule has 2 aromatic rings. The van der Waals surface area contributed by atoms with Crippen molar-refractivity contribution in [1.82, 2.24) is 4.98 Å². The second-order valence-corrected chi connectivity index (χ2v) is 5.57. The fourth-order valence-corrected chi connectivity index (χ4v) is 2.26. The van der Waals surface area contributed by atoms with Crippen molar-refractivity contribution in [3.8, 4) is 0 Å². The highest BCUT2D eigenvalue weighted by Gasteiger charge is 2.01. The summed E-state index contributed by atoms with van der Waals surface area (Å²) in [5.74, 6) is 0.785. The molecule has 1 heteroatoms. The minimum Gasteiger partial charge on any atom is -0.258 e. The summed E-state index contributed by atoms with van der Waals surface area (Å²) in [6, 6.07) is 17.0. The quantitative estimate of drug-likeness (QED) is 0.730. The van der Waals surface area contributed by atoms with E-state index in [2.05, 4.69) is 62.4 Å². The average Bonchev–Trinajstić information content (AvgIpc) is 2.40. The molecule has 1 aromatic heterocycles. The second kappa shape index (κ2) is 7.08. The number of hydrogen-bond donors (Lipinski definition) is 0. The van der Waals surface area contributed by atoms with E-state index >= 15 is 0 Å². The molecule has 0 N–H and O–H groups in total. The fraction of sp³-hybridized carbons (Fsp3) is 0.389. The van der Waals surface area contributed by atoms with Gasteiger partial charge in [-0.1, -0.05) is 56.7 Å². The fourth-order valence-electron chi connectivity index (χ4n) is 2.26. The Balaban J connectivity index is 1.95. The molecule has 2 rings (SSSR count). The van der Waals surface area contributed by atoms with E-state index < -0.39 is 0 Å². The molecule has 0 amide bonds. The van der Waals surface area contributed by atoms with Gasteiger partial charge in [-0.05, 0) is 36.5 Å². The third kappa shape index (κ3) is 4.86. The van der Waals surface area contributed by atoms with E-state index in [-0.39, 0.29) is 0 Å². The predicted molar refractivity (Wildman–Crippen MR) is 81.3 cm³/mol. The SMILES string of the molecule is CC(C)CCCc1cccc(Cc2ccccc2)n1. The van der Waals surface area contributed by atoms with Gasteiger partial charge in [-0.2, -0.15) is 0 Å².